The highest BCUT2D eigenvalue weighted by Crippen LogP contribution is 2.57. The van der Waals surface area contributed by atoms with Gasteiger partial charge in [-0.25, -0.2) is 4.90 Å². The van der Waals surface area contributed by atoms with Crippen LogP contribution in [-0.2, 0) is 9.59 Å². The van der Waals surface area contributed by atoms with Crippen molar-refractivity contribution in [3.05, 3.63) is 28.2 Å². The lowest BCUT2D eigenvalue weighted by molar-refractivity contribution is -0.123. The van der Waals surface area contributed by atoms with Crippen molar-refractivity contribution < 1.29 is 9.59 Å². The van der Waals surface area contributed by atoms with E-state index in [2.05, 4.69) is 0 Å². The number of anilines is 1. The summed E-state index contributed by atoms with van der Waals surface area (Å²) in [5.74, 6) is 0.392. The maximum Gasteiger partial charge on any atom is 0.238 e. The standard InChI is InChI=1S/C15H13Cl2NO2/c16-9-3-4-11(10(17)6-9)18-14(19)12-7-1-2-8(5-7)13(12)15(18)20/h3-4,6-8,12-13H,1-2,5H2/t7-,8-,12-,13+/m1/s1. The molecule has 1 heterocycles. The van der Waals surface area contributed by atoms with Gasteiger partial charge in [-0.3, -0.25) is 9.59 Å². The molecule has 3 fully saturated rings. The van der Waals surface area contributed by atoms with Gasteiger partial charge in [0.25, 0.3) is 0 Å². The van der Waals surface area contributed by atoms with Crippen LogP contribution in [0.15, 0.2) is 18.2 Å². The van der Waals surface area contributed by atoms with Gasteiger partial charge in [0.05, 0.1) is 22.5 Å². The quantitative estimate of drug-likeness (QED) is 0.744. The minimum absolute atomic E-state index is 0.0728. The van der Waals surface area contributed by atoms with Gasteiger partial charge in [-0.2, -0.15) is 0 Å². The molecule has 4 atom stereocenters. The summed E-state index contributed by atoms with van der Waals surface area (Å²) in [5.41, 5.74) is 0.472. The number of benzene rings is 1. The second kappa shape index (κ2) is 4.22. The first-order valence-electron chi connectivity index (χ1n) is 6.91. The Labute approximate surface area is 126 Å². The molecule has 0 spiro atoms. The molecule has 3 aliphatic rings. The summed E-state index contributed by atoms with van der Waals surface area (Å²) in [4.78, 5) is 26.6. The molecule has 0 aromatic heterocycles. The summed E-state index contributed by atoms with van der Waals surface area (Å²) in [5, 5.41) is 0.852. The normalized spacial score (nSPS) is 35.0. The molecule has 1 aromatic carbocycles. The van der Waals surface area contributed by atoms with E-state index < -0.39 is 0 Å². The van der Waals surface area contributed by atoms with Gasteiger partial charge in [-0.15, -0.1) is 0 Å². The minimum atomic E-state index is -0.118. The summed E-state index contributed by atoms with van der Waals surface area (Å²) in [6.07, 6.45) is 3.19. The first-order valence-corrected chi connectivity index (χ1v) is 7.66. The van der Waals surface area contributed by atoms with Crippen LogP contribution < -0.4 is 4.90 Å². The maximum absolute atomic E-state index is 12.6. The van der Waals surface area contributed by atoms with Gasteiger partial charge in [0.2, 0.25) is 11.8 Å². The van der Waals surface area contributed by atoms with Crippen molar-refractivity contribution in [1.82, 2.24) is 0 Å². The third-order valence-electron chi connectivity index (χ3n) is 5.08. The van der Waals surface area contributed by atoms with Gasteiger partial charge in [-0.05, 0) is 49.3 Å². The predicted molar refractivity (Wildman–Crippen MR) is 76.8 cm³/mol. The van der Waals surface area contributed by atoms with E-state index in [4.69, 9.17) is 23.2 Å². The molecule has 20 heavy (non-hydrogen) atoms. The van der Waals surface area contributed by atoms with Crippen molar-refractivity contribution >= 4 is 40.7 Å². The summed E-state index contributed by atoms with van der Waals surface area (Å²) < 4.78 is 0. The third kappa shape index (κ3) is 1.54. The van der Waals surface area contributed by atoms with Crippen LogP contribution in [-0.4, -0.2) is 11.8 Å². The Hall–Kier alpha value is -1.06. The Morgan fingerprint density at radius 3 is 2.15 bits per heavy atom. The van der Waals surface area contributed by atoms with Gasteiger partial charge in [0.1, 0.15) is 0 Å². The Morgan fingerprint density at radius 1 is 1.00 bits per heavy atom. The van der Waals surface area contributed by atoms with Gasteiger partial charge in [0.15, 0.2) is 0 Å². The number of hydrogen-bond acceptors (Lipinski definition) is 2. The highest BCUT2D eigenvalue weighted by molar-refractivity contribution is 6.38. The molecule has 1 aliphatic heterocycles. The number of hydrogen-bond donors (Lipinski definition) is 0. The Bertz CT molecular complexity index is 602. The molecule has 3 nitrogen and oxygen atoms in total. The number of nitrogens with zero attached hydrogens (tertiary/aromatic N) is 1. The lowest BCUT2D eigenvalue weighted by atomic mass is 9.81. The number of halogens is 2. The summed E-state index contributed by atoms with van der Waals surface area (Å²) in [7, 11) is 0. The van der Waals surface area contributed by atoms with Crippen molar-refractivity contribution in [3.8, 4) is 0 Å². The fraction of sp³-hybridized carbons (Fsp3) is 0.467. The van der Waals surface area contributed by atoms with Crippen LogP contribution in [0, 0.1) is 23.7 Å². The van der Waals surface area contributed by atoms with Crippen LogP contribution >= 0.6 is 23.2 Å². The molecule has 0 radical (unpaired) electrons. The first kappa shape index (κ1) is 12.7. The van der Waals surface area contributed by atoms with E-state index in [1.54, 1.807) is 18.2 Å². The van der Waals surface area contributed by atoms with Crippen LogP contribution in [0.3, 0.4) is 0 Å². The zero-order valence-corrected chi connectivity index (χ0v) is 12.2. The molecular weight excluding hydrogens is 297 g/mol. The van der Waals surface area contributed by atoms with E-state index in [0.29, 0.717) is 27.6 Å². The molecule has 5 heteroatoms. The van der Waals surface area contributed by atoms with E-state index in [1.807, 2.05) is 0 Å². The third-order valence-corrected chi connectivity index (χ3v) is 5.62. The molecule has 0 N–H and O–H groups in total. The van der Waals surface area contributed by atoms with E-state index in [-0.39, 0.29) is 23.7 Å². The molecule has 2 bridgehead atoms. The number of carbonyl (C=O) groups excluding carboxylic acids is 2. The molecule has 104 valence electrons. The predicted octanol–water partition coefficient (Wildman–Crippen LogP) is 3.53. The lowest BCUT2D eigenvalue weighted by Crippen LogP contribution is -2.32. The van der Waals surface area contributed by atoms with E-state index in [1.165, 1.54) is 4.90 Å². The lowest BCUT2D eigenvalue weighted by Gasteiger charge is -2.19. The smallest absolute Gasteiger partial charge is 0.238 e. The first-order chi connectivity index (χ1) is 9.58. The molecule has 1 saturated heterocycles. The largest absolute Gasteiger partial charge is 0.274 e. The number of rotatable bonds is 1. The van der Waals surface area contributed by atoms with Crippen molar-refractivity contribution in [3.63, 3.8) is 0 Å². The number of amides is 2. The summed E-state index contributed by atoms with van der Waals surface area (Å²) in [6.45, 7) is 0. The average molecular weight is 310 g/mol. The van der Waals surface area contributed by atoms with Gasteiger partial charge < -0.3 is 0 Å². The van der Waals surface area contributed by atoms with E-state index >= 15 is 0 Å². The van der Waals surface area contributed by atoms with E-state index in [0.717, 1.165) is 19.3 Å². The van der Waals surface area contributed by atoms with Crippen molar-refractivity contribution in [2.24, 2.45) is 23.7 Å². The molecular formula is C15H13Cl2NO2. The molecule has 2 saturated carbocycles. The Balaban J connectivity index is 1.77. The molecule has 2 aliphatic carbocycles. The second-order valence-corrected chi connectivity index (χ2v) is 6.84. The fourth-order valence-electron chi connectivity index (χ4n) is 4.31. The van der Waals surface area contributed by atoms with Crippen molar-refractivity contribution in [2.75, 3.05) is 4.90 Å². The number of carbonyl (C=O) groups is 2. The van der Waals surface area contributed by atoms with E-state index in [9.17, 15) is 9.59 Å². The van der Waals surface area contributed by atoms with Gasteiger partial charge >= 0.3 is 0 Å². The Morgan fingerprint density at radius 2 is 1.60 bits per heavy atom. The topological polar surface area (TPSA) is 37.4 Å². The summed E-state index contributed by atoms with van der Waals surface area (Å²) in [6, 6.07) is 4.89. The molecule has 2 amide bonds. The average Bonchev–Trinajstić information content (AvgIpc) is 3.06. The van der Waals surface area contributed by atoms with Crippen molar-refractivity contribution in [2.45, 2.75) is 19.3 Å². The summed E-state index contributed by atoms with van der Waals surface area (Å²) >= 11 is 12.0. The van der Waals surface area contributed by atoms with Gasteiger partial charge in [0, 0.05) is 5.02 Å². The zero-order chi connectivity index (χ0) is 14.0. The van der Waals surface area contributed by atoms with Crippen LogP contribution in [0.4, 0.5) is 5.69 Å². The van der Waals surface area contributed by atoms with Crippen LogP contribution in [0.1, 0.15) is 19.3 Å². The zero-order valence-electron chi connectivity index (χ0n) is 10.7. The molecule has 1 aromatic rings. The van der Waals surface area contributed by atoms with Crippen LogP contribution in [0.5, 0.6) is 0 Å². The highest BCUT2D eigenvalue weighted by atomic mass is 35.5. The SMILES string of the molecule is O=C1[C@@H]2[C@@H]3CC[C@H](C3)[C@@H]2C(=O)N1c1ccc(Cl)cc1Cl. The monoisotopic (exact) mass is 309 g/mol. The highest BCUT2D eigenvalue weighted by Gasteiger charge is 2.61. The van der Waals surface area contributed by atoms with Crippen LogP contribution in [0.2, 0.25) is 10.0 Å². The maximum atomic E-state index is 12.6. The van der Waals surface area contributed by atoms with Gasteiger partial charge in [-0.1, -0.05) is 23.2 Å². The molecule has 0 unspecified atom stereocenters. The fourth-order valence-corrected chi connectivity index (χ4v) is 4.80. The number of fused-ring (bicyclic) bond motifs is 5. The second-order valence-electron chi connectivity index (χ2n) is 5.99. The molecule has 4 rings (SSSR count). The number of imide groups is 1. The van der Waals surface area contributed by atoms with Crippen molar-refractivity contribution in [1.29, 1.82) is 0 Å². The Kier molecular flexibility index (Phi) is 2.67. The minimum Gasteiger partial charge on any atom is -0.274 e. The van der Waals surface area contributed by atoms with Crippen LogP contribution in [0.25, 0.3) is 0 Å².